The van der Waals surface area contributed by atoms with Gasteiger partial charge in [-0.3, -0.25) is 0 Å². The van der Waals surface area contributed by atoms with Gasteiger partial charge < -0.3 is 14.9 Å². The number of benzene rings is 1. The number of hydrogen-bond acceptors (Lipinski definition) is 4. The summed E-state index contributed by atoms with van der Waals surface area (Å²) in [7, 11) is 0. The summed E-state index contributed by atoms with van der Waals surface area (Å²) in [6.07, 6.45) is 0. The van der Waals surface area contributed by atoms with Crippen LogP contribution in [0.4, 0.5) is 5.82 Å². The van der Waals surface area contributed by atoms with Gasteiger partial charge in [0, 0.05) is 5.02 Å². The number of halogens is 1. The molecule has 0 spiro atoms. The first-order chi connectivity index (χ1) is 8.49. The average Bonchev–Trinajstić information content (AvgIpc) is 2.67. The zero-order chi connectivity index (χ0) is 13.3. The molecule has 1 aromatic carbocycles. The Morgan fingerprint density at radius 2 is 2.22 bits per heavy atom. The Morgan fingerprint density at radius 3 is 2.83 bits per heavy atom. The predicted octanol–water partition coefficient (Wildman–Crippen LogP) is 3.00. The lowest BCUT2D eigenvalue weighted by Gasteiger charge is -2.17. The summed E-state index contributed by atoms with van der Waals surface area (Å²) < 4.78 is 5.10. The van der Waals surface area contributed by atoms with Gasteiger partial charge in [0.1, 0.15) is 6.04 Å². The molecule has 0 unspecified atom stereocenters. The van der Waals surface area contributed by atoms with Crippen LogP contribution in [0, 0.1) is 5.92 Å². The number of anilines is 1. The topological polar surface area (TPSA) is 75.4 Å². The summed E-state index contributed by atoms with van der Waals surface area (Å²) in [5, 5.41) is 17.0. The fourth-order valence-corrected chi connectivity index (χ4v) is 1.85. The van der Waals surface area contributed by atoms with E-state index in [0.29, 0.717) is 21.8 Å². The second-order valence-corrected chi connectivity index (χ2v) is 4.81. The van der Waals surface area contributed by atoms with Gasteiger partial charge in [0.15, 0.2) is 11.4 Å². The van der Waals surface area contributed by atoms with Gasteiger partial charge in [-0.1, -0.05) is 30.6 Å². The fourth-order valence-electron chi connectivity index (χ4n) is 1.68. The molecule has 1 aromatic heterocycles. The van der Waals surface area contributed by atoms with Crippen LogP contribution in [0.15, 0.2) is 22.7 Å². The summed E-state index contributed by atoms with van der Waals surface area (Å²) >= 11 is 5.90. The summed E-state index contributed by atoms with van der Waals surface area (Å²) in [6.45, 7) is 3.64. The number of carboxylic acids is 1. The van der Waals surface area contributed by atoms with Crippen LogP contribution in [0.3, 0.4) is 0 Å². The number of aromatic nitrogens is 1. The average molecular weight is 269 g/mol. The molecule has 1 atom stereocenters. The SMILES string of the molecule is CC(C)[C@@H](Nc1noc2ccc(Cl)cc12)C(=O)O. The van der Waals surface area contributed by atoms with Crippen LogP contribution < -0.4 is 5.32 Å². The van der Waals surface area contributed by atoms with E-state index in [1.807, 2.05) is 13.8 Å². The van der Waals surface area contributed by atoms with E-state index in [2.05, 4.69) is 10.5 Å². The van der Waals surface area contributed by atoms with Gasteiger partial charge in [0.05, 0.1) is 5.39 Å². The third-order valence-electron chi connectivity index (χ3n) is 2.66. The molecule has 2 rings (SSSR count). The van der Waals surface area contributed by atoms with Crippen molar-refractivity contribution in [3.63, 3.8) is 0 Å². The van der Waals surface area contributed by atoms with E-state index in [1.54, 1.807) is 18.2 Å². The number of nitrogens with one attached hydrogen (secondary N) is 1. The van der Waals surface area contributed by atoms with Gasteiger partial charge in [0.2, 0.25) is 0 Å². The molecular weight excluding hydrogens is 256 g/mol. The number of carboxylic acid groups (broad SMARTS) is 1. The highest BCUT2D eigenvalue weighted by molar-refractivity contribution is 6.31. The van der Waals surface area contributed by atoms with Crippen molar-refractivity contribution in [2.75, 3.05) is 5.32 Å². The lowest BCUT2D eigenvalue weighted by atomic mass is 10.0. The number of fused-ring (bicyclic) bond motifs is 1. The van der Waals surface area contributed by atoms with E-state index in [1.165, 1.54) is 0 Å². The van der Waals surface area contributed by atoms with Gasteiger partial charge in [-0.25, -0.2) is 4.79 Å². The third-order valence-corrected chi connectivity index (χ3v) is 2.89. The second kappa shape index (κ2) is 4.86. The predicted molar refractivity (Wildman–Crippen MR) is 68.9 cm³/mol. The molecule has 0 fully saturated rings. The molecule has 0 radical (unpaired) electrons. The van der Waals surface area contributed by atoms with Crippen molar-refractivity contribution in [3.05, 3.63) is 23.2 Å². The molecule has 6 heteroatoms. The van der Waals surface area contributed by atoms with E-state index in [-0.39, 0.29) is 5.92 Å². The Bertz CT molecular complexity index is 580. The minimum absolute atomic E-state index is 0.0755. The normalized spacial score (nSPS) is 12.9. The number of carbonyl (C=O) groups is 1. The van der Waals surface area contributed by atoms with E-state index in [9.17, 15) is 4.79 Å². The maximum absolute atomic E-state index is 11.1. The van der Waals surface area contributed by atoms with Gasteiger partial charge in [-0.05, 0) is 24.1 Å². The first-order valence-electron chi connectivity index (χ1n) is 5.53. The van der Waals surface area contributed by atoms with Crippen LogP contribution in [0.25, 0.3) is 11.0 Å². The van der Waals surface area contributed by atoms with Crippen LogP contribution >= 0.6 is 11.6 Å². The Morgan fingerprint density at radius 1 is 1.50 bits per heavy atom. The second-order valence-electron chi connectivity index (χ2n) is 4.38. The van der Waals surface area contributed by atoms with Crippen molar-refractivity contribution in [2.24, 2.45) is 5.92 Å². The van der Waals surface area contributed by atoms with E-state index < -0.39 is 12.0 Å². The van der Waals surface area contributed by atoms with Gasteiger partial charge in [-0.15, -0.1) is 0 Å². The molecule has 1 heterocycles. The zero-order valence-corrected chi connectivity index (χ0v) is 10.7. The molecule has 2 aromatic rings. The molecule has 0 aliphatic rings. The first-order valence-corrected chi connectivity index (χ1v) is 5.91. The Hall–Kier alpha value is -1.75. The number of rotatable bonds is 4. The summed E-state index contributed by atoms with van der Waals surface area (Å²) in [5.41, 5.74) is 0.565. The molecule has 0 amide bonds. The Balaban J connectivity index is 2.36. The standard InChI is InChI=1S/C12H13ClN2O3/c1-6(2)10(12(16)17)14-11-8-5-7(13)3-4-9(8)18-15-11/h3-6,10H,1-2H3,(H,14,15)(H,16,17)/t10-/m1/s1. The molecule has 0 saturated carbocycles. The maximum Gasteiger partial charge on any atom is 0.326 e. The number of nitrogens with zero attached hydrogens (tertiary/aromatic N) is 1. The highest BCUT2D eigenvalue weighted by Crippen LogP contribution is 2.27. The van der Waals surface area contributed by atoms with Crippen LogP contribution in [0.1, 0.15) is 13.8 Å². The summed E-state index contributed by atoms with van der Waals surface area (Å²) in [5.74, 6) is -0.606. The monoisotopic (exact) mass is 268 g/mol. The minimum Gasteiger partial charge on any atom is -0.480 e. The van der Waals surface area contributed by atoms with Crippen molar-refractivity contribution in [3.8, 4) is 0 Å². The molecule has 96 valence electrons. The smallest absolute Gasteiger partial charge is 0.326 e. The molecule has 0 saturated heterocycles. The molecule has 2 N–H and O–H groups in total. The zero-order valence-electron chi connectivity index (χ0n) is 9.98. The molecular formula is C12H13ClN2O3. The molecule has 0 aliphatic carbocycles. The van der Waals surface area contributed by atoms with Gasteiger partial charge in [0.25, 0.3) is 0 Å². The van der Waals surface area contributed by atoms with Crippen molar-refractivity contribution < 1.29 is 14.4 Å². The highest BCUT2D eigenvalue weighted by Gasteiger charge is 2.23. The Kier molecular flexibility index (Phi) is 3.43. The van der Waals surface area contributed by atoms with Crippen molar-refractivity contribution in [1.29, 1.82) is 0 Å². The summed E-state index contributed by atoms with van der Waals surface area (Å²) in [6, 6.07) is 4.35. The van der Waals surface area contributed by atoms with Gasteiger partial charge >= 0.3 is 5.97 Å². The van der Waals surface area contributed by atoms with Crippen molar-refractivity contribution >= 4 is 34.4 Å². The van der Waals surface area contributed by atoms with Crippen molar-refractivity contribution in [2.45, 2.75) is 19.9 Å². The van der Waals surface area contributed by atoms with Crippen LogP contribution in [-0.4, -0.2) is 22.3 Å². The minimum atomic E-state index is -0.928. The number of aliphatic carboxylic acids is 1. The van der Waals surface area contributed by atoms with Gasteiger partial charge in [-0.2, -0.15) is 0 Å². The lowest BCUT2D eigenvalue weighted by molar-refractivity contribution is -0.138. The highest BCUT2D eigenvalue weighted by atomic mass is 35.5. The largest absolute Gasteiger partial charge is 0.480 e. The molecule has 0 bridgehead atoms. The Labute approximate surface area is 109 Å². The third kappa shape index (κ3) is 2.41. The van der Waals surface area contributed by atoms with E-state index in [0.717, 1.165) is 0 Å². The first kappa shape index (κ1) is 12.7. The molecule has 0 aliphatic heterocycles. The molecule has 18 heavy (non-hydrogen) atoms. The van der Waals surface area contributed by atoms with Crippen LogP contribution in [0.5, 0.6) is 0 Å². The van der Waals surface area contributed by atoms with Crippen LogP contribution in [0.2, 0.25) is 5.02 Å². The van der Waals surface area contributed by atoms with E-state index >= 15 is 0 Å². The summed E-state index contributed by atoms with van der Waals surface area (Å²) in [4.78, 5) is 11.1. The lowest BCUT2D eigenvalue weighted by Crippen LogP contribution is -2.34. The fraction of sp³-hybridized carbons (Fsp3) is 0.333. The molecule has 5 nitrogen and oxygen atoms in total. The van der Waals surface area contributed by atoms with E-state index in [4.69, 9.17) is 21.2 Å². The number of hydrogen-bond donors (Lipinski definition) is 2. The van der Waals surface area contributed by atoms with Crippen molar-refractivity contribution in [1.82, 2.24) is 5.16 Å². The van der Waals surface area contributed by atoms with Crippen LogP contribution in [-0.2, 0) is 4.79 Å². The maximum atomic E-state index is 11.1. The quantitative estimate of drug-likeness (QED) is 0.891.